The third kappa shape index (κ3) is 4.30. The molecule has 1 aromatic carbocycles. The number of hydrogen-bond donors (Lipinski definition) is 2. The molecule has 1 aromatic heterocycles. The van der Waals surface area contributed by atoms with Crippen molar-refractivity contribution >= 4 is 22.1 Å². The molecule has 6 nitrogen and oxygen atoms in total. The topological polar surface area (TPSA) is 96.6 Å². The Balaban J connectivity index is 2.02. The van der Waals surface area contributed by atoms with Crippen molar-refractivity contribution < 1.29 is 22.7 Å². The van der Waals surface area contributed by atoms with Gasteiger partial charge in [-0.1, -0.05) is 18.2 Å². The smallest absolute Gasteiger partial charge is 0.328 e. The highest BCUT2D eigenvalue weighted by molar-refractivity contribution is 7.89. The molecule has 2 aromatic rings. The molecule has 0 spiro atoms. The van der Waals surface area contributed by atoms with E-state index in [1.165, 1.54) is 18.2 Å². The Bertz CT molecular complexity index is 747. The molecule has 0 saturated heterocycles. The SMILES string of the molecule is O=C(O)/C=C/c1ccc(CNS(=O)(=O)c2ccccc2)o1. The summed E-state index contributed by atoms with van der Waals surface area (Å²) in [7, 11) is -3.60. The van der Waals surface area contributed by atoms with Crippen molar-refractivity contribution in [3.8, 4) is 0 Å². The lowest BCUT2D eigenvalue weighted by Gasteiger charge is -2.04. The lowest BCUT2D eigenvalue weighted by atomic mass is 10.4. The molecule has 110 valence electrons. The second-order valence-corrected chi connectivity index (χ2v) is 5.88. The van der Waals surface area contributed by atoms with Gasteiger partial charge in [-0.05, 0) is 30.3 Å². The Hall–Kier alpha value is -2.38. The number of nitrogens with one attached hydrogen (secondary N) is 1. The predicted molar refractivity (Wildman–Crippen MR) is 75.8 cm³/mol. The van der Waals surface area contributed by atoms with Gasteiger partial charge in [0.2, 0.25) is 10.0 Å². The minimum absolute atomic E-state index is 0.0157. The first kappa shape index (κ1) is 15.0. The van der Waals surface area contributed by atoms with Gasteiger partial charge in [0, 0.05) is 6.08 Å². The van der Waals surface area contributed by atoms with Gasteiger partial charge in [-0.25, -0.2) is 17.9 Å². The number of benzene rings is 1. The lowest BCUT2D eigenvalue weighted by Crippen LogP contribution is -2.22. The van der Waals surface area contributed by atoms with Crippen LogP contribution >= 0.6 is 0 Å². The van der Waals surface area contributed by atoms with Crippen LogP contribution < -0.4 is 4.72 Å². The van der Waals surface area contributed by atoms with Crippen molar-refractivity contribution in [2.24, 2.45) is 0 Å². The summed E-state index contributed by atoms with van der Waals surface area (Å²) < 4.78 is 31.7. The van der Waals surface area contributed by atoms with E-state index in [0.29, 0.717) is 11.5 Å². The van der Waals surface area contributed by atoms with Crippen LogP contribution in [-0.4, -0.2) is 19.5 Å². The fourth-order valence-electron chi connectivity index (χ4n) is 1.58. The summed E-state index contributed by atoms with van der Waals surface area (Å²) in [6.45, 7) is -0.0157. The number of rotatable bonds is 6. The van der Waals surface area contributed by atoms with Crippen LogP contribution in [-0.2, 0) is 21.4 Å². The van der Waals surface area contributed by atoms with E-state index in [1.807, 2.05) is 0 Å². The predicted octanol–water partition coefficient (Wildman–Crippen LogP) is 1.86. The summed E-state index contributed by atoms with van der Waals surface area (Å²) in [5.74, 6) is -0.358. The maximum atomic E-state index is 12.0. The number of hydrogen-bond acceptors (Lipinski definition) is 4. The van der Waals surface area contributed by atoms with Gasteiger partial charge < -0.3 is 9.52 Å². The normalized spacial score (nSPS) is 11.8. The largest absolute Gasteiger partial charge is 0.478 e. The average molecular weight is 307 g/mol. The maximum Gasteiger partial charge on any atom is 0.328 e. The number of sulfonamides is 1. The first-order valence-corrected chi connectivity index (χ1v) is 7.50. The molecule has 0 aliphatic heterocycles. The number of carboxylic acid groups (broad SMARTS) is 1. The highest BCUT2D eigenvalue weighted by Gasteiger charge is 2.13. The number of carbonyl (C=O) groups is 1. The van der Waals surface area contributed by atoms with Gasteiger partial charge in [-0.2, -0.15) is 0 Å². The summed E-state index contributed by atoms with van der Waals surface area (Å²) in [6, 6.07) is 11.1. The van der Waals surface area contributed by atoms with Gasteiger partial charge in [0.1, 0.15) is 11.5 Å². The molecule has 0 amide bonds. The van der Waals surface area contributed by atoms with Crippen LogP contribution in [0.15, 0.2) is 57.9 Å². The van der Waals surface area contributed by atoms with Crippen LogP contribution in [0.2, 0.25) is 0 Å². The van der Waals surface area contributed by atoms with E-state index >= 15 is 0 Å². The van der Waals surface area contributed by atoms with E-state index in [2.05, 4.69) is 4.72 Å². The molecular formula is C14H13NO5S. The van der Waals surface area contributed by atoms with Crippen LogP contribution in [0.1, 0.15) is 11.5 Å². The molecule has 0 saturated carbocycles. The van der Waals surface area contributed by atoms with Crippen molar-refractivity contribution in [2.75, 3.05) is 0 Å². The third-order valence-electron chi connectivity index (χ3n) is 2.56. The molecule has 2 N–H and O–H groups in total. The second-order valence-electron chi connectivity index (χ2n) is 4.11. The summed E-state index contributed by atoms with van der Waals surface area (Å²) in [4.78, 5) is 10.5. The summed E-state index contributed by atoms with van der Waals surface area (Å²) in [5.41, 5.74) is 0. The minimum atomic E-state index is -3.60. The standard InChI is InChI=1S/C14H13NO5S/c16-14(17)9-8-11-6-7-12(20-11)10-15-21(18,19)13-4-2-1-3-5-13/h1-9,15H,10H2,(H,16,17)/b9-8+. The molecular weight excluding hydrogens is 294 g/mol. The molecule has 0 bridgehead atoms. The van der Waals surface area contributed by atoms with E-state index in [0.717, 1.165) is 6.08 Å². The van der Waals surface area contributed by atoms with E-state index in [4.69, 9.17) is 9.52 Å². The zero-order chi connectivity index (χ0) is 15.3. The van der Waals surface area contributed by atoms with Gasteiger partial charge in [0.15, 0.2) is 0 Å². The zero-order valence-corrected chi connectivity index (χ0v) is 11.7. The van der Waals surface area contributed by atoms with E-state index < -0.39 is 16.0 Å². The molecule has 0 radical (unpaired) electrons. The molecule has 2 rings (SSSR count). The van der Waals surface area contributed by atoms with Crippen LogP contribution in [0.4, 0.5) is 0 Å². The van der Waals surface area contributed by atoms with Gasteiger partial charge in [-0.3, -0.25) is 0 Å². The van der Waals surface area contributed by atoms with Crippen LogP contribution in [0.3, 0.4) is 0 Å². The Labute approximate surface area is 121 Å². The van der Waals surface area contributed by atoms with Crippen LogP contribution in [0, 0.1) is 0 Å². The number of carboxylic acids is 1. The van der Waals surface area contributed by atoms with Crippen LogP contribution in [0.25, 0.3) is 6.08 Å². The van der Waals surface area contributed by atoms with Crippen molar-refractivity contribution in [3.63, 3.8) is 0 Å². The number of aliphatic carboxylic acids is 1. The van der Waals surface area contributed by atoms with Crippen molar-refractivity contribution in [3.05, 3.63) is 60.1 Å². The van der Waals surface area contributed by atoms with E-state index in [-0.39, 0.29) is 11.4 Å². The van der Waals surface area contributed by atoms with Crippen LogP contribution in [0.5, 0.6) is 0 Å². The fourth-order valence-corrected chi connectivity index (χ4v) is 2.60. The van der Waals surface area contributed by atoms with Crippen molar-refractivity contribution in [1.29, 1.82) is 0 Å². The molecule has 1 heterocycles. The molecule has 0 aliphatic rings. The summed E-state index contributed by atoms with van der Waals surface area (Å²) in [6.07, 6.45) is 2.23. The highest BCUT2D eigenvalue weighted by atomic mass is 32.2. The third-order valence-corrected chi connectivity index (χ3v) is 3.98. The minimum Gasteiger partial charge on any atom is -0.478 e. The molecule has 0 aliphatic carbocycles. The van der Waals surface area contributed by atoms with Gasteiger partial charge in [0.05, 0.1) is 11.4 Å². The Morgan fingerprint density at radius 3 is 2.57 bits per heavy atom. The highest BCUT2D eigenvalue weighted by Crippen LogP contribution is 2.12. The fraction of sp³-hybridized carbons (Fsp3) is 0.0714. The Morgan fingerprint density at radius 2 is 1.90 bits per heavy atom. The zero-order valence-electron chi connectivity index (χ0n) is 10.9. The first-order valence-electron chi connectivity index (χ1n) is 6.02. The number of furan rings is 1. The van der Waals surface area contributed by atoms with Gasteiger partial charge in [-0.15, -0.1) is 0 Å². The molecule has 7 heteroatoms. The van der Waals surface area contributed by atoms with Gasteiger partial charge in [0.25, 0.3) is 0 Å². The van der Waals surface area contributed by atoms with Gasteiger partial charge >= 0.3 is 5.97 Å². The maximum absolute atomic E-state index is 12.0. The molecule has 0 fully saturated rings. The summed E-state index contributed by atoms with van der Waals surface area (Å²) >= 11 is 0. The average Bonchev–Trinajstić information content (AvgIpc) is 2.92. The molecule has 21 heavy (non-hydrogen) atoms. The monoisotopic (exact) mass is 307 g/mol. The lowest BCUT2D eigenvalue weighted by molar-refractivity contribution is -0.131. The summed E-state index contributed by atoms with van der Waals surface area (Å²) in [5, 5.41) is 8.50. The van der Waals surface area contributed by atoms with Crippen molar-refractivity contribution in [1.82, 2.24) is 4.72 Å². The quantitative estimate of drug-likeness (QED) is 0.794. The first-order chi connectivity index (χ1) is 9.97. The van der Waals surface area contributed by atoms with E-state index in [9.17, 15) is 13.2 Å². The Morgan fingerprint density at radius 1 is 1.19 bits per heavy atom. The van der Waals surface area contributed by atoms with Crippen molar-refractivity contribution in [2.45, 2.75) is 11.4 Å². The van der Waals surface area contributed by atoms with E-state index in [1.54, 1.807) is 30.3 Å². The second kappa shape index (κ2) is 6.38. The molecule has 0 unspecified atom stereocenters. The molecule has 0 atom stereocenters. The Kier molecular flexibility index (Phi) is 4.56.